The molecule has 4 aliphatic rings. The maximum Gasteiger partial charge on any atom is 0.258 e. The van der Waals surface area contributed by atoms with Crippen molar-refractivity contribution < 1.29 is 14.3 Å². The van der Waals surface area contributed by atoms with Crippen LogP contribution in [0.5, 0.6) is 5.75 Å². The van der Waals surface area contributed by atoms with Gasteiger partial charge in [0.15, 0.2) is 5.72 Å². The summed E-state index contributed by atoms with van der Waals surface area (Å²) < 4.78 is 6.43. The van der Waals surface area contributed by atoms with Crippen LogP contribution in [-0.4, -0.2) is 48.6 Å². The Bertz CT molecular complexity index is 793. The largest absolute Gasteiger partial charge is 0.467 e. The molecule has 0 radical (unpaired) electrons. The van der Waals surface area contributed by atoms with Crippen molar-refractivity contribution in [3.8, 4) is 5.75 Å². The number of carbonyl (C=O) groups excluding carboxylic acids is 2. The number of amides is 2. The number of carbonyl (C=O) groups is 2. The van der Waals surface area contributed by atoms with E-state index in [-0.39, 0.29) is 29.1 Å². The van der Waals surface area contributed by atoms with E-state index in [0.29, 0.717) is 24.3 Å². The monoisotopic (exact) mass is 399 g/mol. The van der Waals surface area contributed by atoms with E-state index < -0.39 is 5.72 Å². The molecule has 158 valence electrons. The molecule has 2 N–H and O–H groups in total. The van der Waals surface area contributed by atoms with Crippen molar-refractivity contribution >= 4 is 11.8 Å². The van der Waals surface area contributed by atoms with Gasteiger partial charge < -0.3 is 20.3 Å². The molecule has 2 amide bonds. The number of ether oxygens (including phenoxy) is 1. The first kappa shape index (κ1) is 20.2. The van der Waals surface area contributed by atoms with Gasteiger partial charge in [0.2, 0.25) is 5.91 Å². The molecule has 1 heterocycles. The molecule has 6 nitrogen and oxygen atoms in total. The summed E-state index contributed by atoms with van der Waals surface area (Å²) in [5, 5.41) is 6.35. The molecule has 0 saturated heterocycles. The van der Waals surface area contributed by atoms with Crippen LogP contribution in [0.15, 0.2) is 24.3 Å². The van der Waals surface area contributed by atoms with Crippen molar-refractivity contribution in [1.29, 1.82) is 0 Å². The number of likely N-dealkylation sites (N-methyl/N-ethyl adjacent to an activating group) is 1. The standard InChI is InChI=1S/C23H33N3O3/c1-4-26(5-2)13-12-24-21(28)18-14-16-10-11-22(18,3)15-23(16)25-20(27)17-8-6-7-9-19(17)29-23/h6-9,16,18H,4-5,10-15H2,1-3H3,(H,24,28)(H,25,27)/t16-,18+,22+,23-/m0/s1. The number of rotatable bonds is 6. The van der Waals surface area contributed by atoms with Gasteiger partial charge in [-0.2, -0.15) is 0 Å². The highest BCUT2D eigenvalue weighted by atomic mass is 16.5. The van der Waals surface area contributed by atoms with Crippen LogP contribution in [0.2, 0.25) is 0 Å². The minimum atomic E-state index is -0.684. The SMILES string of the molecule is CCN(CC)CCNC(=O)[C@H]1C[C@@H]2CC[C@]1(C)C[C@@]21NC(=O)c2ccccc2O1. The summed E-state index contributed by atoms with van der Waals surface area (Å²) in [6, 6.07) is 7.43. The van der Waals surface area contributed by atoms with Gasteiger partial charge in [-0.1, -0.05) is 32.9 Å². The Morgan fingerprint density at radius 2 is 2.07 bits per heavy atom. The van der Waals surface area contributed by atoms with Gasteiger partial charge in [0.1, 0.15) is 5.75 Å². The van der Waals surface area contributed by atoms with Gasteiger partial charge in [0.05, 0.1) is 5.56 Å². The zero-order chi connectivity index (χ0) is 20.6. The zero-order valence-corrected chi connectivity index (χ0v) is 17.8. The van der Waals surface area contributed by atoms with E-state index >= 15 is 0 Å². The molecule has 1 spiro atoms. The Kier molecular flexibility index (Phi) is 5.32. The third kappa shape index (κ3) is 3.52. The molecule has 3 saturated carbocycles. The van der Waals surface area contributed by atoms with E-state index in [2.05, 4.69) is 36.3 Å². The smallest absolute Gasteiger partial charge is 0.258 e. The Morgan fingerprint density at radius 3 is 2.79 bits per heavy atom. The van der Waals surface area contributed by atoms with Gasteiger partial charge in [0.25, 0.3) is 5.91 Å². The van der Waals surface area contributed by atoms with Crippen molar-refractivity contribution in [2.45, 2.75) is 52.2 Å². The first-order valence-electron chi connectivity index (χ1n) is 11.0. The molecule has 6 heteroatoms. The number of fused-ring (bicyclic) bond motifs is 3. The van der Waals surface area contributed by atoms with Gasteiger partial charge in [-0.3, -0.25) is 9.59 Å². The van der Waals surface area contributed by atoms with Gasteiger partial charge in [0, 0.05) is 31.3 Å². The molecule has 3 fully saturated rings. The van der Waals surface area contributed by atoms with Gasteiger partial charge in [-0.05, 0) is 49.9 Å². The Morgan fingerprint density at radius 1 is 1.31 bits per heavy atom. The number of benzene rings is 1. The number of nitrogens with zero attached hydrogens (tertiary/aromatic N) is 1. The fourth-order valence-corrected chi connectivity index (χ4v) is 5.66. The van der Waals surface area contributed by atoms with Crippen LogP contribution in [-0.2, 0) is 4.79 Å². The number of nitrogens with one attached hydrogen (secondary N) is 2. The van der Waals surface area contributed by atoms with Crippen LogP contribution in [0, 0.1) is 17.3 Å². The van der Waals surface area contributed by atoms with Crippen molar-refractivity contribution in [2.75, 3.05) is 26.2 Å². The summed E-state index contributed by atoms with van der Waals surface area (Å²) in [5.74, 6) is 0.874. The Hall–Kier alpha value is -2.08. The molecule has 0 unspecified atom stereocenters. The summed E-state index contributed by atoms with van der Waals surface area (Å²) in [6.45, 7) is 10.0. The van der Waals surface area contributed by atoms with Gasteiger partial charge >= 0.3 is 0 Å². The van der Waals surface area contributed by atoms with Crippen LogP contribution in [0.1, 0.15) is 56.8 Å². The first-order valence-corrected chi connectivity index (χ1v) is 11.0. The quantitative estimate of drug-likeness (QED) is 0.772. The third-order valence-electron chi connectivity index (χ3n) is 7.44. The summed E-state index contributed by atoms with van der Waals surface area (Å²) in [4.78, 5) is 28.1. The van der Waals surface area contributed by atoms with Crippen molar-refractivity contribution in [1.82, 2.24) is 15.5 Å². The first-order chi connectivity index (χ1) is 13.9. The van der Waals surface area contributed by atoms with Gasteiger partial charge in [-0.25, -0.2) is 0 Å². The molecular weight excluding hydrogens is 366 g/mol. The van der Waals surface area contributed by atoms with E-state index in [1.165, 1.54) is 0 Å². The molecule has 29 heavy (non-hydrogen) atoms. The van der Waals surface area contributed by atoms with E-state index in [4.69, 9.17) is 4.74 Å². The predicted molar refractivity (Wildman–Crippen MR) is 112 cm³/mol. The van der Waals surface area contributed by atoms with E-state index in [1.807, 2.05) is 18.2 Å². The molecule has 0 aromatic heterocycles. The summed E-state index contributed by atoms with van der Waals surface area (Å²) in [5.41, 5.74) is -0.264. The lowest BCUT2D eigenvalue weighted by atomic mass is 9.52. The molecule has 1 aromatic carbocycles. The molecule has 3 aliphatic carbocycles. The fraction of sp³-hybridized carbons (Fsp3) is 0.652. The highest BCUT2D eigenvalue weighted by Crippen LogP contribution is 2.58. The Balaban J connectivity index is 1.47. The summed E-state index contributed by atoms with van der Waals surface area (Å²) in [7, 11) is 0. The van der Waals surface area contributed by atoms with Crippen LogP contribution in [0.25, 0.3) is 0 Å². The summed E-state index contributed by atoms with van der Waals surface area (Å²) >= 11 is 0. The Labute approximate surface area is 173 Å². The van der Waals surface area contributed by atoms with Crippen LogP contribution in [0.3, 0.4) is 0 Å². The lowest BCUT2D eigenvalue weighted by molar-refractivity contribution is -0.167. The highest BCUT2D eigenvalue weighted by molar-refractivity contribution is 5.98. The van der Waals surface area contributed by atoms with Crippen LogP contribution >= 0.6 is 0 Å². The second-order valence-corrected chi connectivity index (χ2v) is 9.11. The molecule has 2 bridgehead atoms. The van der Waals surface area contributed by atoms with Crippen LogP contribution in [0.4, 0.5) is 0 Å². The second kappa shape index (κ2) is 7.63. The molecular formula is C23H33N3O3. The zero-order valence-electron chi connectivity index (χ0n) is 17.8. The molecule has 1 aliphatic heterocycles. The fourth-order valence-electron chi connectivity index (χ4n) is 5.66. The second-order valence-electron chi connectivity index (χ2n) is 9.11. The number of hydrogen-bond acceptors (Lipinski definition) is 4. The maximum atomic E-state index is 13.0. The lowest BCUT2D eigenvalue weighted by Gasteiger charge is -2.59. The van der Waals surface area contributed by atoms with Crippen molar-refractivity contribution in [2.24, 2.45) is 17.3 Å². The lowest BCUT2D eigenvalue weighted by Crippen LogP contribution is -2.69. The highest BCUT2D eigenvalue weighted by Gasteiger charge is 2.61. The topological polar surface area (TPSA) is 70.7 Å². The van der Waals surface area contributed by atoms with E-state index in [0.717, 1.165) is 38.9 Å². The van der Waals surface area contributed by atoms with Gasteiger partial charge in [-0.15, -0.1) is 0 Å². The number of hydrogen-bond donors (Lipinski definition) is 2. The number of para-hydroxylation sites is 1. The van der Waals surface area contributed by atoms with Crippen molar-refractivity contribution in [3.05, 3.63) is 29.8 Å². The third-order valence-corrected chi connectivity index (χ3v) is 7.44. The average molecular weight is 400 g/mol. The molecule has 4 atom stereocenters. The predicted octanol–water partition coefficient (Wildman–Crippen LogP) is 2.79. The van der Waals surface area contributed by atoms with E-state index in [9.17, 15) is 9.59 Å². The van der Waals surface area contributed by atoms with Crippen molar-refractivity contribution in [3.63, 3.8) is 0 Å². The minimum absolute atomic E-state index is 0.0266. The minimum Gasteiger partial charge on any atom is -0.467 e. The van der Waals surface area contributed by atoms with E-state index in [1.54, 1.807) is 6.07 Å². The normalized spacial score (nSPS) is 32.6. The maximum absolute atomic E-state index is 13.0. The molecule has 1 aromatic rings. The summed E-state index contributed by atoms with van der Waals surface area (Å²) in [6.07, 6.45) is 3.41. The molecule has 5 rings (SSSR count). The van der Waals surface area contributed by atoms with Crippen LogP contribution < -0.4 is 15.4 Å². The average Bonchev–Trinajstić information content (AvgIpc) is 2.70.